The number of ether oxygens (including phenoxy) is 1. The minimum absolute atomic E-state index is 0.292. The highest BCUT2D eigenvalue weighted by Crippen LogP contribution is 2.22. The van der Waals surface area contributed by atoms with Gasteiger partial charge in [-0.15, -0.1) is 0 Å². The van der Waals surface area contributed by atoms with Crippen molar-refractivity contribution < 1.29 is 9.13 Å². The fraction of sp³-hybridized carbons (Fsp3) is 0.0588. The van der Waals surface area contributed by atoms with Gasteiger partial charge in [0.05, 0.1) is 0 Å². The zero-order valence-corrected chi connectivity index (χ0v) is 10.8. The van der Waals surface area contributed by atoms with E-state index in [1.165, 1.54) is 12.1 Å². The molecule has 0 aliphatic rings. The van der Waals surface area contributed by atoms with Gasteiger partial charge < -0.3 is 10.5 Å². The highest BCUT2D eigenvalue weighted by atomic mass is 19.1. The molecular weight excluding hydrogens is 253 g/mol. The van der Waals surface area contributed by atoms with Crippen LogP contribution in [0.25, 0.3) is 10.8 Å². The summed E-state index contributed by atoms with van der Waals surface area (Å²) in [5.74, 6) is 0.411. The Kier molecular flexibility index (Phi) is 3.25. The average Bonchev–Trinajstić information content (AvgIpc) is 2.44. The van der Waals surface area contributed by atoms with Crippen molar-refractivity contribution in [3.63, 3.8) is 0 Å². The number of nitrogens with two attached hydrogens (primary N) is 1. The van der Waals surface area contributed by atoms with Crippen LogP contribution >= 0.6 is 0 Å². The van der Waals surface area contributed by atoms with Gasteiger partial charge in [-0.3, -0.25) is 0 Å². The molecule has 20 heavy (non-hydrogen) atoms. The first kappa shape index (κ1) is 12.5. The standard InChI is InChI=1S/C17H14FNO/c18-15-7-12(8-16(19)10-15)11-20-17-6-5-13-3-1-2-4-14(13)9-17/h1-10H,11,19H2. The van der Waals surface area contributed by atoms with Gasteiger partial charge in [-0.25, -0.2) is 4.39 Å². The number of nitrogen functional groups attached to an aromatic ring is 1. The summed E-state index contributed by atoms with van der Waals surface area (Å²) in [6, 6.07) is 18.4. The smallest absolute Gasteiger partial charge is 0.125 e. The SMILES string of the molecule is Nc1cc(F)cc(COc2ccc3ccccc3c2)c1. The van der Waals surface area contributed by atoms with Gasteiger partial charge in [0.2, 0.25) is 0 Å². The van der Waals surface area contributed by atoms with Gasteiger partial charge in [-0.1, -0.05) is 30.3 Å². The van der Waals surface area contributed by atoms with E-state index in [0.29, 0.717) is 12.3 Å². The van der Waals surface area contributed by atoms with Crippen molar-refractivity contribution in [3.05, 3.63) is 72.0 Å². The Hall–Kier alpha value is -2.55. The molecule has 0 saturated carbocycles. The van der Waals surface area contributed by atoms with Crippen LogP contribution in [0.3, 0.4) is 0 Å². The second-order valence-electron chi connectivity index (χ2n) is 4.69. The molecule has 0 spiro atoms. The maximum Gasteiger partial charge on any atom is 0.125 e. The molecule has 100 valence electrons. The van der Waals surface area contributed by atoms with Crippen molar-refractivity contribution in [2.45, 2.75) is 6.61 Å². The molecule has 0 aromatic heterocycles. The maximum atomic E-state index is 13.2. The molecule has 0 radical (unpaired) electrons. The molecule has 2 N–H and O–H groups in total. The summed E-state index contributed by atoms with van der Waals surface area (Å²) in [6.07, 6.45) is 0. The summed E-state index contributed by atoms with van der Waals surface area (Å²) < 4.78 is 18.9. The number of fused-ring (bicyclic) bond motifs is 1. The molecule has 2 nitrogen and oxygen atoms in total. The van der Waals surface area contributed by atoms with E-state index < -0.39 is 0 Å². The predicted octanol–water partition coefficient (Wildman–Crippen LogP) is 4.14. The summed E-state index contributed by atoms with van der Waals surface area (Å²) in [4.78, 5) is 0. The van der Waals surface area contributed by atoms with Crippen molar-refractivity contribution >= 4 is 16.5 Å². The van der Waals surface area contributed by atoms with Gasteiger partial charge in [0.1, 0.15) is 18.2 Å². The van der Waals surface area contributed by atoms with E-state index in [1.807, 2.05) is 42.5 Å². The summed E-state index contributed by atoms with van der Waals surface area (Å²) in [5, 5.41) is 2.28. The van der Waals surface area contributed by atoms with Gasteiger partial charge in [-0.2, -0.15) is 0 Å². The Morgan fingerprint density at radius 3 is 2.50 bits per heavy atom. The highest BCUT2D eigenvalue weighted by Gasteiger charge is 2.01. The molecule has 3 heteroatoms. The van der Waals surface area contributed by atoms with Gasteiger partial charge in [-0.05, 0) is 46.7 Å². The second kappa shape index (κ2) is 5.21. The Bertz CT molecular complexity index is 735. The summed E-state index contributed by atoms with van der Waals surface area (Å²) >= 11 is 0. The van der Waals surface area contributed by atoms with Crippen molar-refractivity contribution in [1.29, 1.82) is 0 Å². The van der Waals surface area contributed by atoms with E-state index in [4.69, 9.17) is 10.5 Å². The fourth-order valence-electron chi connectivity index (χ4n) is 2.18. The second-order valence-corrected chi connectivity index (χ2v) is 4.69. The summed E-state index contributed by atoms with van der Waals surface area (Å²) in [5.41, 5.74) is 6.73. The van der Waals surface area contributed by atoms with Crippen LogP contribution in [0, 0.1) is 5.82 Å². The van der Waals surface area contributed by atoms with E-state index in [-0.39, 0.29) is 5.82 Å². The topological polar surface area (TPSA) is 35.2 Å². The Morgan fingerprint density at radius 2 is 1.70 bits per heavy atom. The molecule has 0 amide bonds. The molecule has 3 aromatic carbocycles. The third-order valence-corrected chi connectivity index (χ3v) is 3.11. The van der Waals surface area contributed by atoms with Crippen molar-refractivity contribution in [2.75, 3.05) is 5.73 Å². The first-order valence-corrected chi connectivity index (χ1v) is 6.37. The number of rotatable bonds is 3. The average molecular weight is 267 g/mol. The van der Waals surface area contributed by atoms with Gasteiger partial charge in [0.25, 0.3) is 0 Å². The molecule has 0 heterocycles. The molecule has 0 fully saturated rings. The summed E-state index contributed by atoms with van der Waals surface area (Å²) in [7, 11) is 0. The van der Waals surface area contributed by atoms with Crippen LogP contribution in [0.1, 0.15) is 5.56 Å². The predicted molar refractivity (Wildman–Crippen MR) is 79.1 cm³/mol. The quantitative estimate of drug-likeness (QED) is 0.724. The zero-order valence-electron chi connectivity index (χ0n) is 10.8. The Balaban J connectivity index is 1.79. The molecule has 3 aromatic rings. The molecule has 0 atom stereocenters. The lowest BCUT2D eigenvalue weighted by atomic mass is 10.1. The minimum Gasteiger partial charge on any atom is -0.489 e. The zero-order chi connectivity index (χ0) is 13.9. The van der Waals surface area contributed by atoms with Crippen LogP contribution < -0.4 is 10.5 Å². The highest BCUT2D eigenvalue weighted by molar-refractivity contribution is 5.83. The number of halogens is 1. The van der Waals surface area contributed by atoms with E-state index >= 15 is 0 Å². The van der Waals surface area contributed by atoms with E-state index in [2.05, 4.69) is 0 Å². The third kappa shape index (κ3) is 2.72. The van der Waals surface area contributed by atoms with Crippen molar-refractivity contribution in [3.8, 4) is 5.75 Å². The van der Waals surface area contributed by atoms with Crippen LogP contribution in [-0.2, 0) is 6.61 Å². The first-order chi connectivity index (χ1) is 9.70. The molecular formula is C17H14FNO. The number of anilines is 1. The molecule has 0 aliphatic heterocycles. The van der Waals surface area contributed by atoms with Gasteiger partial charge in [0, 0.05) is 5.69 Å². The molecule has 3 rings (SSSR count). The lowest BCUT2D eigenvalue weighted by Crippen LogP contribution is -1.98. The number of hydrogen-bond acceptors (Lipinski definition) is 2. The van der Waals surface area contributed by atoms with Crippen LogP contribution in [0.5, 0.6) is 5.75 Å². The lowest BCUT2D eigenvalue weighted by molar-refractivity contribution is 0.306. The van der Waals surface area contributed by atoms with E-state index in [0.717, 1.165) is 22.1 Å². The Morgan fingerprint density at radius 1 is 0.900 bits per heavy atom. The number of benzene rings is 3. The third-order valence-electron chi connectivity index (χ3n) is 3.11. The largest absolute Gasteiger partial charge is 0.489 e. The number of hydrogen-bond donors (Lipinski definition) is 1. The normalized spacial score (nSPS) is 10.7. The maximum absolute atomic E-state index is 13.2. The van der Waals surface area contributed by atoms with Crippen LogP contribution in [-0.4, -0.2) is 0 Å². The summed E-state index contributed by atoms with van der Waals surface area (Å²) in [6.45, 7) is 0.292. The van der Waals surface area contributed by atoms with Gasteiger partial charge in [0.15, 0.2) is 0 Å². The van der Waals surface area contributed by atoms with Crippen LogP contribution in [0.4, 0.5) is 10.1 Å². The fourth-order valence-corrected chi connectivity index (χ4v) is 2.18. The molecule has 0 unspecified atom stereocenters. The minimum atomic E-state index is -0.345. The van der Waals surface area contributed by atoms with E-state index in [9.17, 15) is 4.39 Å². The molecule has 0 bridgehead atoms. The lowest BCUT2D eigenvalue weighted by Gasteiger charge is -2.08. The van der Waals surface area contributed by atoms with Crippen molar-refractivity contribution in [1.82, 2.24) is 0 Å². The van der Waals surface area contributed by atoms with E-state index in [1.54, 1.807) is 6.07 Å². The Labute approximate surface area is 116 Å². The van der Waals surface area contributed by atoms with Crippen molar-refractivity contribution in [2.24, 2.45) is 0 Å². The molecule has 0 aliphatic carbocycles. The molecule has 0 saturated heterocycles. The van der Waals surface area contributed by atoms with Gasteiger partial charge >= 0.3 is 0 Å². The van der Waals surface area contributed by atoms with Crippen LogP contribution in [0.2, 0.25) is 0 Å². The first-order valence-electron chi connectivity index (χ1n) is 6.37. The monoisotopic (exact) mass is 267 g/mol. The van der Waals surface area contributed by atoms with Crippen LogP contribution in [0.15, 0.2) is 60.7 Å².